The SMILES string of the molecule is COC(C)C(C)(CC(=O)O)N1CCOCC1. The first-order chi connectivity index (χ1) is 7.50. The largest absolute Gasteiger partial charge is 0.481 e. The summed E-state index contributed by atoms with van der Waals surface area (Å²) < 4.78 is 10.6. The normalized spacial score (nSPS) is 23.7. The number of rotatable bonds is 5. The van der Waals surface area contributed by atoms with Crippen molar-refractivity contribution in [3.05, 3.63) is 0 Å². The van der Waals surface area contributed by atoms with Crippen molar-refractivity contribution in [2.24, 2.45) is 0 Å². The van der Waals surface area contributed by atoms with Gasteiger partial charge >= 0.3 is 5.97 Å². The Labute approximate surface area is 96.3 Å². The predicted octanol–water partition coefficient (Wildman–Crippen LogP) is 0.587. The number of carboxylic acids is 1. The summed E-state index contributed by atoms with van der Waals surface area (Å²) in [6.07, 6.45) is -0.0381. The summed E-state index contributed by atoms with van der Waals surface area (Å²) in [7, 11) is 1.62. The van der Waals surface area contributed by atoms with Crippen LogP contribution in [-0.4, -0.2) is 61.0 Å². The third-order valence-corrected chi connectivity index (χ3v) is 3.47. The van der Waals surface area contributed by atoms with Crippen LogP contribution in [0.2, 0.25) is 0 Å². The molecule has 16 heavy (non-hydrogen) atoms. The topological polar surface area (TPSA) is 59.0 Å². The molecule has 1 fully saturated rings. The summed E-state index contributed by atoms with van der Waals surface area (Å²) in [5.41, 5.74) is -0.468. The number of ether oxygens (including phenoxy) is 2. The average Bonchev–Trinajstić information content (AvgIpc) is 2.28. The summed E-state index contributed by atoms with van der Waals surface area (Å²) in [4.78, 5) is 13.1. The van der Waals surface area contributed by atoms with Crippen molar-refractivity contribution in [1.29, 1.82) is 0 Å². The van der Waals surface area contributed by atoms with E-state index in [1.807, 2.05) is 13.8 Å². The second-order valence-corrected chi connectivity index (χ2v) is 4.41. The molecule has 1 heterocycles. The fourth-order valence-electron chi connectivity index (χ4n) is 2.15. The third-order valence-electron chi connectivity index (χ3n) is 3.47. The molecule has 1 aliphatic rings. The molecule has 0 aliphatic carbocycles. The van der Waals surface area contributed by atoms with Crippen molar-refractivity contribution in [2.45, 2.75) is 31.9 Å². The first-order valence-corrected chi connectivity index (χ1v) is 5.58. The van der Waals surface area contributed by atoms with Crippen LogP contribution in [0.4, 0.5) is 0 Å². The van der Waals surface area contributed by atoms with E-state index in [4.69, 9.17) is 14.6 Å². The fraction of sp³-hybridized carbons (Fsp3) is 0.909. The lowest BCUT2D eigenvalue weighted by molar-refractivity contribution is -0.146. The van der Waals surface area contributed by atoms with E-state index in [-0.39, 0.29) is 12.5 Å². The quantitative estimate of drug-likeness (QED) is 0.750. The Morgan fingerprint density at radius 2 is 2.12 bits per heavy atom. The van der Waals surface area contributed by atoms with Crippen LogP contribution in [0.1, 0.15) is 20.3 Å². The lowest BCUT2D eigenvalue weighted by Crippen LogP contribution is -2.58. The molecule has 5 heteroatoms. The van der Waals surface area contributed by atoms with Gasteiger partial charge in [0.05, 0.1) is 31.3 Å². The van der Waals surface area contributed by atoms with E-state index in [0.717, 1.165) is 13.1 Å². The highest BCUT2D eigenvalue weighted by molar-refractivity contribution is 5.68. The van der Waals surface area contributed by atoms with Crippen LogP contribution in [0.5, 0.6) is 0 Å². The number of hydrogen-bond acceptors (Lipinski definition) is 4. The minimum atomic E-state index is -0.794. The summed E-state index contributed by atoms with van der Waals surface area (Å²) in [6, 6.07) is 0. The minimum absolute atomic E-state index is 0.0853. The zero-order valence-corrected chi connectivity index (χ0v) is 10.2. The van der Waals surface area contributed by atoms with Crippen molar-refractivity contribution >= 4 is 5.97 Å². The van der Waals surface area contributed by atoms with Gasteiger partial charge < -0.3 is 14.6 Å². The monoisotopic (exact) mass is 231 g/mol. The van der Waals surface area contributed by atoms with E-state index in [1.54, 1.807) is 7.11 Å². The van der Waals surface area contributed by atoms with Gasteiger partial charge in [-0.25, -0.2) is 0 Å². The molecule has 1 rings (SSSR count). The van der Waals surface area contributed by atoms with E-state index in [0.29, 0.717) is 13.2 Å². The van der Waals surface area contributed by atoms with Gasteiger partial charge in [0.25, 0.3) is 0 Å². The first kappa shape index (κ1) is 13.4. The zero-order chi connectivity index (χ0) is 12.2. The Kier molecular flexibility index (Phi) is 4.70. The molecule has 1 aliphatic heterocycles. The van der Waals surface area contributed by atoms with Gasteiger partial charge in [0.1, 0.15) is 0 Å². The van der Waals surface area contributed by atoms with E-state index in [1.165, 1.54) is 0 Å². The summed E-state index contributed by atoms with van der Waals surface area (Å²) in [5, 5.41) is 9.01. The molecule has 0 saturated carbocycles. The number of hydrogen-bond donors (Lipinski definition) is 1. The van der Waals surface area contributed by atoms with Gasteiger partial charge in [0.15, 0.2) is 0 Å². The van der Waals surface area contributed by atoms with Crippen LogP contribution in [0.25, 0.3) is 0 Å². The van der Waals surface area contributed by atoms with Crippen molar-refractivity contribution in [3.8, 4) is 0 Å². The van der Waals surface area contributed by atoms with E-state index in [9.17, 15) is 4.79 Å². The molecule has 0 bridgehead atoms. The highest BCUT2D eigenvalue weighted by atomic mass is 16.5. The minimum Gasteiger partial charge on any atom is -0.481 e. The van der Waals surface area contributed by atoms with Crippen LogP contribution in [0.3, 0.4) is 0 Å². The molecule has 0 aromatic heterocycles. The Hall–Kier alpha value is -0.650. The van der Waals surface area contributed by atoms with E-state index >= 15 is 0 Å². The molecule has 2 atom stereocenters. The predicted molar refractivity (Wildman–Crippen MR) is 59.5 cm³/mol. The Morgan fingerprint density at radius 3 is 2.56 bits per heavy atom. The van der Waals surface area contributed by atoms with E-state index in [2.05, 4.69) is 4.90 Å². The molecule has 0 radical (unpaired) electrons. The third kappa shape index (κ3) is 2.93. The van der Waals surface area contributed by atoms with Gasteiger partial charge in [-0.15, -0.1) is 0 Å². The molecule has 1 N–H and O–H groups in total. The molecule has 0 aromatic carbocycles. The average molecular weight is 231 g/mol. The second kappa shape index (κ2) is 5.61. The molecule has 0 amide bonds. The van der Waals surface area contributed by atoms with Crippen LogP contribution in [-0.2, 0) is 14.3 Å². The first-order valence-electron chi connectivity index (χ1n) is 5.58. The smallest absolute Gasteiger partial charge is 0.305 e. The molecule has 0 spiro atoms. The van der Waals surface area contributed by atoms with Gasteiger partial charge in [-0.2, -0.15) is 0 Å². The molecule has 94 valence electrons. The van der Waals surface area contributed by atoms with Crippen molar-refractivity contribution in [3.63, 3.8) is 0 Å². The lowest BCUT2D eigenvalue weighted by Gasteiger charge is -2.45. The van der Waals surface area contributed by atoms with Gasteiger partial charge in [-0.3, -0.25) is 9.69 Å². The Balaban J connectivity index is 2.79. The highest BCUT2D eigenvalue weighted by Gasteiger charge is 2.40. The van der Waals surface area contributed by atoms with Crippen LogP contribution in [0.15, 0.2) is 0 Å². The highest BCUT2D eigenvalue weighted by Crippen LogP contribution is 2.26. The molecular formula is C11H21NO4. The number of morpholine rings is 1. The zero-order valence-electron chi connectivity index (χ0n) is 10.2. The number of nitrogens with zero attached hydrogens (tertiary/aromatic N) is 1. The lowest BCUT2D eigenvalue weighted by atomic mass is 9.89. The Morgan fingerprint density at radius 1 is 1.56 bits per heavy atom. The molecule has 5 nitrogen and oxygen atoms in total. The maximum absolute atomic E-state index is 11.0. The van der Waals surface area contributed by atoms with Crippen molar-refractivity contribution < 1.29 is 19.4 Å². The fourth-order valence-corrected chi connectivity index (χ4v) is 2.15. The summed E-state index contributed by atoms with van der Waals surface area (Å²) in [5.74, 6) is -0.794. The Bertz CT molecular complexity index is 240. The summed E-state index contributed by atoms with van der Waals surface area (Å²) in [6.45, 7) is 6.70. The van der Waals surface area contributed by atoms with Crippen LogP contribution >= 0.6 is 0 Å². The number of methoxy groups -OCH3 is 1. The van der Waals surface area contributed by atoms with Crippen molar-refractivity contribution in [1.82, 2.24) is 4.90 Å². The summed E-state index contributed by atoms with van der Waals surface area (Å²) >= 11 is 0. The number of carboxylic acid groups (broad SMARTS) is 1. The number of carbonyl (C=O) groups is 1. The van der Waals surface area contributed by atoms with Gasteiger partial charge in [-0.1, -0.05) is 0 Å². The maximum Gasteiger partial charge on any atom is 0.305 e. The second-order valence-electron chi connectivity index (χ2n) is 4.41. The van der Waals surface area contributed by atoms with Gasteiger partial charge in [-0.05, 0) is 13.8 Å². The standard InChI is InChI=1S/C11H21NO4/c1-9(15-3)11(2,8-10(13)14)12-4-6-16-7-5-12/h9H,4-8H2,1-3H3,(H,13,14). The number of aliphatic carboxylic acids is 1. The van der Waals surface area contributed by atoms with Crippen LogP contribution in [0, 0.1) is 0 Å². The molecular weight excluding hydrogens is 210 g/mol. The van der Waals surface area contributed by atoms with Gasteiger partial charge in [0, 0.05) is 20.2 Å². The van der Waals surface area contributed by atoms with Crippen LogP contribution < -0.4 is 0 Å². The van der Waals surface area contributed by atoms with Crippen molar-refractivity contribution in [2.75, 3.05) is 33.4 Å². The molecule has 0 aromatic rings. The maximum atomic E-state index is 11.0. The molecule has 2 unspecified atom stereocenters. The van der Waals surface area contributed by atoms with Gasteiger partial charge in [0.2, 0.25) is 0 Å². The molecule has 1 saturated heterocycles. The van der Waals surface area contributed by atoms with E-state index < -0.39 is 11.5 Å².